The highest BCUT2D eigenvalue weighted by Crippen LogP contribution is 2.31. The molecule has 0 saturated carbocycles. The lowest BCUT2D eigenvalue weighted by atomic mass is 10.0. The van der Waals surface area contributed by atoms with E-state index in [0.717, 1.165) is 0 Å². The van der Waals surface area contributed by atoms with Crippen molar-refractivity contribution in [3.05, 3.63) is 58.2 Å². The van der Waals surface area contributed by atoms with Gasteiger partial charge in [0.1, 0.15) is 23.8 Å². The number of nitrogens with one attached hydrogen (secondary N) is 2. The van der Waals surface area contributed by atoms with Crippen molar-refractivity contribution in [2.45, 2.75) is 31.4 Å². The number of pyridine rings is 1. The summed E-state index contributed by atoms with van der Waals surface area (Å²) >= 11 is 0. The summed E-state index contributed by atoms with van der Waals surface area (Å²) in [6.45, 7) is 0.657. The number of aromatic nitrogens is 1. The molecule has 4 rings (SSSR count). The van der Waals surface area contributed by atoms with Crippen molar-refractivity contribution in [1.82, 2.24) is 15.6 Å². The number of aliphatic hydroxyl groups excluding tert-OH is 1. The standard InChI is InChI=1S/C24H26FN3O7/c1-33-21(30)11-26-23(31)15-3-2-13(9-16(15)25)8-14-10-19(27-18-5-7-35-22(14)18)24(32)28-17-4-6-34-12-20(17)29/h2-3,9-10,17,20,29H,4-8,11-12H2,1H3,(H,26,31)(H,28,32)/t17-,20-/m0/s1. The Bertz CT molecular complexity index is 1140. The highest BCUT2D eigenvalue weighted by atomic mass is 19.1. The van der Waals surface area contributed by atoms with Crippen LogP contribution >= 0.6 is 0 Å². The average Bonchev–Trinajstić information content (AvgIpc) is 3.33. The molecular weight excluding hydrogens is 461 g/mol. The van der Waals surface area contributed by atoms with E-state index < -0.39 is 35.7 Å². The van der Waals surface area contributed by atoms with Crippen LogP contribution in [0.1, 0.15) is 44.1 Å². The zero-order valence-corrected chi connectivity index (χ0v) is 19.1. The molecule has 3 heterocycles. The first-order valence-electron chi connectivity index (χ1n) is 11.2. The van der Waals surface area contributed by atoms with Gasteiger partial charge in [-0.3, -0.25) is 14.4 Å². The number of nitrogens with zero attached hydrogens (tertiary/aromatic N) is 1. The molecule has 35 heavy (non-hydrogen) atoms. The van der Waals surface area contributed by atoms with Crippen molar-refractivity contribution < 1.29 is 38.1 Å². The van der Waals surface area contributed by atoms with Crippen LogP contribution in [0.2, 0.25) is 0 Å². The van der Waals surface area contributed by atoms with Crippen LogP contribution in [0, 0.1) is 5.82 Å². The van der Waals surface area contributed by atoms with Crippen molar-refractivity contribution >= 4 is 17.8 Å². The van der Waals surface area contributed by atoms with Crippen LogP contribution in [-0.4, -0.2) is 73.5 Å². The number of hydrogen-bond acceptors (Lipinski definition) is 8. The van der Waals surface area contributed by atoms with E-state index >= 15 is 0 Å². The first-order chi connectivity index (χ1) is 16.9. The quantitative estimate of drug-likeness (QED) is 0.481. The molecule has 1 saturated heterocycles. The molecule has 1 aromatic carbocycles. The molecule has 2 aliphatic heterocycles. The fourth-order valence-corrected chi connectivity index (χ4v) is 4.01. The van der Waals surface area contributed by atoms with Gasteiger partial charge in [-0.25, -0.2) is 9.37 Å². The lowest BCUT2D eigenvalue weighted by molar-refractivity contribution is -0.139. The third-order valence-corrected chi connectivity index (χ3v) is 5.87. The fraction of sp³-hybridized carbons (Fsp3) is 0.417. The van der Waals surface area contributed by atoms with E-state index in [9.17, 15) is 23.9 Å². The normalized spacial score (nSPS) is 18.8. The number of amides is 2. The van der Waals surface area contributed by atoms with E-state index in [1.54, 1.807) is 12.1 Å². The van der Waals surface area contributed by atoms with Crippen molar-refractivity contribution in [2.24, 2.45) is 0 Å². The first kappa shape index (κ1) is 24.6. The number of benzene rings is 1. The van der Waals surface area contributed by atoms with Crippen molar-refractivity contribution in [1.29, 1.82) is 0 Å². The number of esters is 1. The Morgan fingerprint density at radius 1 is 1.23 bits per heavy atom. The number of methoxy groups -OCH3 is 1. The number of rotatable bonds is 7. The summed E-state index contributed by atoms with van der Waals surface area (Å²) < 4.78 is 30.0. The number of aliphatic hydroxyl groups is 1. The zero-order chi connectivity index (χ0) is 24.9. The molecule has 186 valence electrons. The van der Waals surface area contributed by atoms with Gasteiger partial charge in [-0.05, 0) is 30.2 Å². The summed E-state index contributed by atoms with van der Waals surface area (Å²) in [5, 5.41) is 15.2. The Morgan fingerprint density at radius 3 is 2.80 bits per heavy atom. The van der Waals surface area contributed by atoms with E-state index in [2.05, 4.69) is 20.4 Å². The Balaban J connectivity index is 1.51. The maximum absolute atomic E-state index is 14.7. The highest BCUT2D eigenvalue weighted by molar-refractivity contribution is 5.96. The van der Waals surface area contributed by atoms with Gasteiger partial charge < -0.3 is 30.0 Å². The number of carbonyl (C=O) groups is 3. The molecule has 2 aliphatic rings. The topological polar surface area (TPSA) is 136 Å². The molecule has 2 aromatic rings. The van der Waals surface area contributed by atoms with Crippen LogP contribution in [0.3, 0.4) is 0 Å². The Hall–Kier alpha value is -3.57. The number of halogens is 1. The van der Waals surface area contributed by atoms with Gasteiger partial charge >= 0.3 is 5.97 Å². The van der Waals surface area contributed by atoms with Gasteiger partial charge in [-0.1, -0.05) is 6.07 Å². The Kier molecular flexibility index (Phi) is 7.57. The van der Waals surface area contributed by atoms with E-state index in [4.69, 9.17) is 9.47 Å². The first-order valence-corrected chi connectivity index (χ1v) is 11.2. The number of carbonyl (C=O) groups excluding carboxylic acids is 3. The molecule has 3 N–H and O–H groups in total. The van der Waals surface area contributed by atoms with Gasteiger partial charge in [-0.2, -0.15) is 0 Å². The SMILES string of the molecule is COC(=O)CNC(=O)c1ccc(Cc2cc(C(=O)N[C@H]3CCOC[C@@H]3O)nc3c2OCC3)cc1F. The van der Waals surface area contributed by atoms with Gasteiger partial charge in [0.2, 0.25) is 0 Å². The molecule has 1 aromatic heterocycles. The lowest BCUT2D eigenvalue weighted by Gasteiger charge is -2.28. The second kappa shape index (κ2) is 10.8. The third-order valence-electron chi connectivity index (χ3n) is 5.87. The number of hydrogen-bond donors (Lipinski definition) is 3. The van der Waals surface area contributed by atoms with Gasteiger partial charge in [0.05, 0.1) is 43.7 Å². The average molecular weight is 487 g/mol. The second-order valence-electron chi connectivity index (χ2n) is 8.30. The summed E-state index contributed by atoms with van der Waals surface area (Å²) in [7, 11) is 1.19. The van der Waals surface area contributed by atoms with E-state index in [-0.39, 0.29) is 30.8 Å². The molecule has 0 radical (unpaired) electrons. The van der Waals surface area contributed by atoms with Gasteiger partial charge in [-0.15, -0.1) is 0 Å². The van der Waals surface area contributed by atoms with Crippen LogP contribution in [0.15, 0.2) is 24.3 Å². The summed E-state index contributed by atoms with van der Waals surface area (Å²) in [5.74, 6) is -1.98. The summed E-state index contributed by atoms with van der Waals surface area (Å²) in [6.07, 6.45) is 0.478. The summed E-state index contributed by atoms with van der Waals surface area (Å²) in [6, 6.07) is 5.32. The van der Waals surface area contributed by atoms with E-state index in [1.165, 1.54) is 19.2 Å². The monoisotopic (exact) mass is 487 g/mol. The molecule has 1 fully saturated rings. The predicted molar refractivity (Wildman–Crippen MR) is 120 cm³/mol. The maximum atomic E-state index is 14.7. The highest BCUT2D eigenvalue weighted by Gasteiger charge is 2.28. The maximum Gasteiger partial charge on any atom is 0.325 e. The minimum absolute atomic E-state index is 0.157. The Morgan fingerprint density at radius 2 is 2.06 bits per heavy atom. The summed E-state index contributed by atoms with van der Waals surface area (Å²) in [5.41, 5.74) is 1.83. The van der Waals surface area contributed by atoms with Gasteiger partial charge in [0, 0.05) is 25.0 Å². The van der Waals surface area contributed by atoms with Crippen molar-refractivity contribution in [3.8, 4) is 5.75 Å². The third kappa shape index (κ3) is 5.75. The van der Waals surface area contributed by atoms with E-state index in [0.29, 0.717) is 48.6 Å². The van der Waals surface area contributed by atoms with Crippen molar-refractivity contribution in [2.75, 3.05) is 33.5 Å². The molecule has 11 heteroatoms. The van der Waals surface area contributed by atoms with Crippen LogP contribution in [-0.2, 0) is 27.1 Å². The summed E-state index contributed by atoms with van der Waals surface area (Å²) in [4.78, 5) is 40.6. The molecule has 2 atom stereocenters. The largest absolute Gasteiger partial charge is 0.491 e. The van der Waals surface area contributed by atoms with Gasteiger partial charge in [0.25, 0.3) is 11.8 Å². The zero-order valence-electron chi connectivity index (χ0n) is 19.1. The smallest absolute Gasteiger partial charge is 0.325 e. The predicted octanol–water partition coefficient (Wildman–Crippen LogP) is 0.529. The molecular formula is C24H26FN3O7. The molecule has 0 spiro atoms. The molecule has 0 unspecified atom stereocenters. The minimum Gasteiger partial charge on any atom is -0.491 e. The van der Waals surface area contributed by atoms with Crippen LogP contribution < -0.4 is 15.4 Å². The van der Waals surface area contributed by atoms with Crippen LogP contribution in [0.25, 0.3) is 0 Å². The molecule has 2 amide bonds. The molecule has 0 aliphatic carbocycles. The fourth-order valence-electron chi connectivity index (χ4n) is 4.01. The van der Waals surface area contributed by atoms with E-state index in [1.807, 2.05) is 0 Å². The minimum atomic E-state index is -0.795. The number of fused-ring (bicyclic) bond motifs is 1. The van der Waals surface area contributed by atoms with Crippen LogP contribution in [0.4, 0.5) is 4.39 Å². The van der Waals surface area contributed by atoms with Crippen molar-refractivity contribution in [3.63, 3.8) is 0 Å². The molecule has 10 nitrogen and oxygen atoms in total. The number of ether oxygens (including phenoxy) is 3. The second-order valence-corrected chi connectivity index (χ2v) is 8.30. The molecule has 0 bridgehead atoms. The van der Waals surface area contributed by atoms with Crippen LogP contribution in [0.5, 0.6) is 5.75 Å². The van der Waals surface area contributed by atoms with Gasteiger partial charge in [0.15, 0.2) is 0 Å². The Labute approximate surface area is 200 Å². The lowest BCUT2D eigenvalue weighted by Crippen LogP contribution is -2.48.